The van der Waals surface area contributed by atoms with E-state index in [1.165, 1.54) is 12.1 Å². The zero-order valence-electron chi connectivity index (χ0n) is 14.4. The van der Waals surface area contributed by atoms with E-state index in [0.717, 1.165) is 5.39 Å². The van der Waals surface area contributed by atoms with Gasteiger partial charge >= 0.3 is 5.63 Å². The van der Waals surface area contributed by atoms with Gasteiger partial charge in [0.15, 0.2) is 5.58 Å². The highest BCUT2D eigenvalue weighted by molar-refractivity contribution is 6.31. The Balaban J connectivity index is 1.71. The largest absolute Gasteiger partial charge is 0.422 e. The van der Waals surface area contributed by atoms with E-state index in [-0.39, 0.29) is 23.3 Å². The van der Waals surface area contributed by atoms with E-state index in [0.29, 0.717) is 27.2 Å². The van der Waals surface area contributed by atoms with Gasteiger partial charge in [0.2, 0.25) is 0 Å². The second-order valence-corrected chi connectivity index (χ2v) is 6.71. The first-order valence-electron chi connectivity index (χ1n) is 8.34. The first-order valence-corrected chi connectivity index (χ1v) is 8.71. The van der Waals surface area contributed by atoms with Crippen LogP contribution in [0, 0.1) is 0 Å². The third-order valence-corrected chi connectivity index (χ3v) is 4.59. The number of carbonyl (C=O) groups is 1. The van der Waals surface area contributed by atoms with E-state index >= 15 is 0 Å². The number of nitrogens with two attached hydrogens (primary N) is 1. The maximum absolute atomic E-state index is 12.3. The Morgan fingerprint density at radius 1 is 1.07 bits per heavy atom. The fourth-order valence-electron chi connectivity index (χ4n) is 3.02. The molecule has 4 rings (SSSR count). The smallest absolute Gasteiger partial charge is 0.336 e. The van der Waals surface area contributed by atoms with Crippen molar-refractivity contribution >= 4 is 45.1 Å². The van der Waals surface area contributed by atoms with Crippen molar-refractivity contribution in [3.05, 3.63) is 85.5 Å². The standard InChI is InChI=1S/C20H14ClN3O4/c21-13-2-3-16-11(6-13)5-12(20(27)24-16)9-23-14-7-10-1-4-17(25)28-18(10)15(8-14)19(22)26/h1-8,23H,9H2,(H2,22,26)(H,24,27). The van der Waals surface area contributed by atoms with Crippen molar-refractivity contribution in [1.82, 2.24) is 4.98 Å². The Morgan fingerprint density at radius 2 is 1.89 bits per heavy atom. The van der Waals surface area contributed by atoms with Gasteiger partial charge in [0, 0.05) is 45.2 Å². The molecule has 140 valence electrons. The molecule has 0 radical (unpaired) electrons. The lowest BCUT2D eigenvalue weighted by Crippen LogP contribution is -2.16. The number of pyridine rings is 1. The van der Waals surface area contributed by atoms with Crippen molar-refractivity contribution < 1.29 is 9.21 Å². The molecule has 28 heavy (non-hydrogen) atoms. The van der Waals surface area contributed by atoms with E-state index in [2.05, 4.69) is 10.3 Å². The van der Waals surface area contributed by atoms with Gasteiger partial charge in [-0.3, -0.25) is 9.59 Å². The van der Waals surface area contributed by atoms with E-state index in [9.17, 15) is 14.4 Å². The number of rotatable bonds is 4. The number of H-pyrrole nitrogens is 1. The van der Waals surface area contributed by atoms with Crippen molar-refractivity contribution in [2.24, 2.45) is 5.73 Å². The SMILES string of the molecule is NC(=O)c1cc(NCc2cc3cc(Cl)ccc3[nH]c2=O)cc2ccc(=O)oc12. The van der Waals surface area contributed by atoms with Crippen LogP contribution in [-0.2, 0) is 6.54 Å². The summed E-state index contributed by atoms with van der Waals surface area (Å²) < 4.78 is 5.10. The number of aromatic nitrogens is 1. The van der Waals surface area contributed by atoms with Gasteiger partial charge in [-0.25, -0.2) is 4.79 Å². The van der Waals surface area contributed by atoms with Crippen LogP contribution in [0.15, 0.2) is 62.5 Å². The first-order chi connectivity index (χ1) is 13.4. The molecule has 8 heteroatoms. The minimum absolute atomic E-state index is 0.0805. The Labute approximate surface area is 162 Å². The minimum atomic E-state index is -0.721. The summed E-state index contributed by atoms with van der Waals surface area (Å²) in [5, 5.41) is 5.02. The molecule has 0 aliphatic rings. The molecule has 0 atom stereocenters. The Morgan fingerprint density at radius 3 is 2.68 bits per heavy atom. The number of benzene rings is 2. The molecule has 0 aliphatic heterocycles. The molecule has 2 heterocycles. The van der Waals surface area contributed by atoms with Crippen LogP contribution in [0.4, 0.5) is 5.69 Å². The summed E-state index contributed by atoms with van der Waals surface area (Å²) in [7, 11) is 0. The fraction of sp³-hybridized carbons (Fsp3) is 0.0500. The van der Waals surface area contributed by atoms with Crippen LogP contribution in [0.5, 0.6) is 0 Å². The number of hydrogen-bond acceptors (Lipinski definition) is 5. The molecular formula is C20H14ClN3O4. The van der Waals surface area contributed by atoms with Gasteiger partial charge in [-0.2, -0.15) is 0 Å². The molecule has 4 N–H and O–H groups in total. The molecular weight excluding hydrogens is 382 g/mol. The number of aromatic amines is 1. The molecule has 0 unspecified atom stereocenters. The maximum atomic E-state index is 12.3. The Kier molecular flexibility index (Phi) is 4.37. The van der Waals surface area contributed by atoms with Crippen molar-refractivity contribution in [3.8, 4) is 0 Å². The van der Waals surface area contributed by atoms with Crippen LogP contribution in [0.3, 0.4) is 0 Å². The topological polar surface area (TPSA) is 118 Å². The normalized spacial score (nSPS) is 11.0. The third kappa shape index (κ3) is 3.35. The van der Waals surface area contributed by atoms with Gasteiger partial charge in [0.05, 0.1) is 5.56 Å². The number of anilines is 1. The summed E-state index contributed by atoms with van der Waals surface area (Å²) in [5.74, 6) is -0.721. The first kappa shape index (κ1) is 17.8. The molecule has 2 aromatic heterocycles. The summed E-state index contributed by atoms with van der Waals surface area (Å²) in [5.41, 5.74) is 6.56. The Bertz CT molecular complexity index is 1360. The van der Waals surface area contributed by atoms with Crippen LogP contribution in [0.1, 0.15) is 15.9 Å². The molecule has 1 amide bonds. The van der Waals surface area contributed by atoms with Crippen LogP contribution < -0.4 is 22.2 Å². The predicted octanol–water partition coefficient (Wildman–Crippen LogP) is 3.00. The highest BCUT2D eigenvalue weighted by Gasteiger charge is 2.12. The van der Waals surface area contributed by atoms with E-state index in [4.69, 9.17) is 21.8 Å². The van der Waals surface area contributed by atoms with Gasteiger partial charge in [0.1, 0.15) is 0 Å². The molecule has 7 nitrogen and oxygen atoms in total. The average molecular weight is 396 g/mol. The van der Waals surface area contributed by atoms with Gasteiger partial charge < -0.3 is 20.5 Å². The molecule has 0 fully saturated rings. The van der Waals surface area contributed by atoms with E-state index in [1.807, 2.05) is 0 Å². The lowest BCUT2D eigenvalue weighted by molar-refractivity contribution is 0.100. The van der Waals surface area contributed by atoms with Crippen LogP contribution in [-0.4, -0.2) is 10.9 Å². The summed E-state index contributed by atoms with van der Waals surface area (Å²) in [4.78, 5) is 38.3. The van der Waals surface area contributed by atoms with Crippen LogP contribution in [0.25, 0.3) is 21.9 Å². The quantitative estimate of drug-likeness (QED) is 0.459. The Hall–Kier alpha value is -3.58. The monoisotopic (exact) mass is 395 g/mol. The van der Waals surface area contributed by atoms with Crippen molar-refractivity contribution in [1.29, 1.82) is 0 Å². The second kappa shape index (κ2) is 6.86. The number of fused-ring (bicyclic) bond motifs is 2. The summed E-state index contributed by atoms with van der Waals surface area (Å²) in [6.45, 7) is 0.207. The maximum Gasteiger partial charge on any atom is 0.336 e. The van der Waals surface area contributed by atoms with Gasteiger partial charge in [-0.15, -0.1) is 0 Å². The second-order valence-electron chi connectivity index (χ2n) is 6.27. The molecule has 0 spiro atoms. The minimum Gasteiger partial charge on any atom is -0.422 e. The molecule has 0 aliphatic carbocycles. The summed E-state index contributed by atoms with van der Waals surface area (Å²) in [6.07, 6.45) is 0. The molecule has 0 bridgehead atoms. The summed E-state index contributed by atoms with van der Waals surface area (Å²) in [6, 6.07) is 13.0. The zero-order valence-corrected chi connectivity index (χ0v) is 15.2. The predicted molar refractivity (Wildman–Crippen MR) is 108 cm³/mol. The number of amides is 1. The van der Waals surface area contributed by atoms with E-state index < -0.39 is 11.5 Å². The van der Waals surface area contributed by atoms with Crippen molar-refractivity contribution in [3.63, 3.8) is 0 Å². The van der Waals surface area contributed by atoms with Gasteiger partial charge in [0.25, 0.3) is 11.5 Å². The number of hydrogen-bond donors (Lipinski definition) is 3. The van der Waals surface area contributed by atoms with Crippen LogP contribution in [0.2, 0.25) is 5.02 Å². The summed E-state index contributed by atoms with van der Waals surface area (Å²) >= 11 is 6.01. The highest BCUT2D eigenvalue weighted by Crippen LogP contribution is 2.23. The lowest BCUT2D eigenvalue weighted by Gasteiger charge is -2.10. The molecule has 4 aromatic rings. The number of halogens is 1. The van der Waals surface area contributed by atoms with Crippen molar-refractivity contribution in [2.75, 3.05) is 5.32 Å². The molecule has 2 aromatic carbocycles. The van der Waals surface area contributed by atoms with E-state index in [1.54, 1.807) is 36.4 Å². The van der Waals surface area contributed by atoms with Crippen molar-refractivity contribution in [2.45, 2.75) is 6.54 Å². The number of primary amides is 1. The lowest BCUT2D eigenvalue weighted by atomic mass is 10.1. The third-order valence-electron chi connectivity index (χ3n) is 4.35. The number of nitrogens with one attached hydrogen (secondary N) is 2. The van der Waals surface area contributed by atoms with Crippen LogP contribution >= 0.6 is 11.6 Å². The molecule has 0 saturated heterocycles. The van der Waals surface area contributed by atoms with Gasteiger partial charge in [-0.05, 0) is 42.5 Å². The number of carbonyl (C=O) groups excluding carboxylic acids is 1. The average Bonchev–Trinajstić information content (AvgIpc) is 2.66. The fourth-order valence-corrected chi connectivity index (χ4v) is 3.20. The zero-order chi connectivity index (χ0) is 19.8. The van der Waals surface area contributed by atoms with Gasteiger partial charge in [-0.1, -0.05) is 11.6 Å². The molecule has 0 saturated carbocycles. The highest BCUT2D eigenvalue weighted by atomic mass is 35.5.